The van der Waals surface area contributed by atoms with Gasteiger partial charge in [-0.3, -0.25) is 9.69 Å². The molecule has 2 aromatic rings. The van der Waals surface area contributed by atoms with E-state index >= 15 is 0 Å². The normalized spacial score (nSPS) is 15.0. The van der Waals surface area contributed by atoms with Gasteiger partial charge in [0.15, 0.2) is 5.16 Å². The summed E-state index contributed by atoms with van der Waals surface area (Å²) in [4.78, 5) is 23.1. The van der Waals surface area contributed by atoms with Crippen LogP contribution in [0.3, 0.4) is 0 Å². The van der Waals surface area contributed by atoms with Crippen LogP contribution in [0.25, 0.3) is 0 Å². The standard InChI is InChI=1S/C18H23N5OS2/c1-13-9-16(19)22-18(20-13)26-12-17(24)21-15-4-2-3-14(10-15)11-23-5-7-25-8-6-23/h2-4,9-10H,5-8,11-12H2,1H3,(H,21,24)(H2,19,20,22). The first-order valence-electron chi connectivity index (χ1n) is 8.51. The van der Waals surface area contributed by atoms with Gasteiger partial charge in [-0.25, -0.2) is 9.97 Å². The van der Waals surface area contributed by atoms with Crippen molar-refractivity contribution in [3.05, 3.63) is 41.6 Å². The molecule has 0 aliphatic carbocycles. The Labute approximate surface area is 162 Å². The summed E-state index contributed by atoms with van der Waals surface area (Å²) in [5, 5.41) is 3.47. The molecule has 1 amide bonds. The number of carbonyl (C=O) groups excluding carboxylic acids is 1. The number of nitrogen functional groups attached to an aromatic ring is 1. The van der Waals surface area contributed by atoms with Crippen LogP contribution in [0, 0.1) is 6.92 Å². The third-order valence-electron chi connectivity index (χ3n) is 3.91. The van der Waals surface area contributed by atoms with Gasteiger partial charge in [0.1, 0.15) is 5.82 Å². The van der Waals surface area contributed by atoms with Crippen molar-refractivity contribution in [2.45, 2.75) is 18.6 Å². The number of nitrogens with two attached hydrogens (primary N) is 1. The van der Waals surface area contributed by atoms with E-state index in [1.165, 1.54) is 28.8 Å². The average Bonchev–Trinajstić information content (AvgIpc) is 2.60. The Balaban J connectivity index is 1.52. The highest BCUT2D eigenvalue weighted by Crippen LogP contribution is 2.18. The minimum absolute atomic E-state index is 0.0785. The van der Waals surface area contributed by atoms with E-state index in [1.807, 2.05) is 36.9 Å². The number of rotatable bonds is 6. The zero-order valence-electron chi connectivity index (χ0n) is 14.8. The van der Waals surface area contributed by atoms with E-state index in [1.54, 1.807) is 6.07 Å². The number of aryl methyl sites for hydroxylation is 1. The first-order chi connectivity index (χ1) is 12.6. The second-order valence-electron chi connectivity index (χ2n) is 6.14. The maximum absolute atomic E-state index is 12.2. The SMILES string of the molecule is Cc1cc(N)nc(SCC(=O)Nc2cccc(CN3CCSCC3)c2)n1. The molecule has 1 aromatic heterocycles. The van der Waals surface area contributed by atoms with E-state index in [9.17, 15) is 4.79 Å². The van der Waals surface area contributed by atoms with Crippen molar-refractivity contribution in [2.24, 2.45) is 0 Å². The molecule has 1 fully saturated rings. The third kappa shape index (κ3) is 5.89. The van der Waals surface area contributed by atoms with Crippen LogP contribution in [0.4, 0.5) is 11.5 Å². The highest BCUT2D eigenvalue weighted by atomic mass is 32.2. The second kappa shape index (κ2) is 9.25. The first kappa shape index (κ1) is 19.0. The number of nitrogens with one attached hydrogen (secondary N) is 1. The van der Waals surface area contributed by atoms with Gasteiger partial charge in [0.2, 0.25) is 5.91 Å². The molecule has 0 unspecified atom stereocenters. The first-order valence-corrected chi connectivity index (χ1v) is 10.7. The van der Waals surface area contributed by atoms with Crippen molar-refractivity contribution >= 4 is 40.9 Å². The Kier molecular flexibility index (Phi) is 6.76. The number of carbonyl (C=O) groups is 1. The highest BCUT2D eigenvalue weighted by Gasteiger charge is 2.11. The fourth-order valence-electron chi connectivity index (χ4n) is 2.72. The molecule has 0 saturated carbocycles. The monoisotopic (exact) mass is 389 g/mol. The molecule has 8 heteroatoms. The molecule has 0 radical (unpaired) electrons. The van der Waals surface area contributed by atoms with Crippen molar-refractivity contribution in [3.63, 3.8) is 0 Å². The Morgan fingerprint density at radius 1 is 1.31 bits per heavy atom. The van der Waals surface area contributed by atoms with E-state index in [0.29, 0.717) is 11.0 Å². The average molecular weight is 390 g/mol. The van der Waals surface area contributed by atoms with Gasteiger partial charge in [0.05, 0.1) is 5.75 Å². The lowest BCUT2D eigenvalue weighted by Gasteiger charge is -2.26. The molecule has 2 heterocycles. The van der Waals surface area contributed by atoms with Crippen molar-refractivity contribution in [1.29, 1.82) is 0 Å². The molecular formula is C18H23N5OS2. The second-order valence-corrected chi connectivity index (χ2v) is 8.31. The number of amides is 1. The molecule has 0 atom stereocenters. The molecule has 3 rings (SSSR count). The summed E-state index contributed by atoms with van der Waals surface area (Å²) in [5.74, 6) is 2.98. The van der Waals surface area contributed by atoms with Crippen LogP contribution < -0.4 is 11.1 Å². The van der Waals surface area contributed by atoms with Gasteiger partial charge < -0.3 is 11.1 Å². The smallest absolute Gasteiger partial charge is 0.234 e. The Morgan fingerprint density at radius 2 is 2.12 bits per heavy atom. The minimum Gasteiger partial charge on any atom is -0.384 e. The number of thioether (sulfide) groups is 2. The van der Waals surface area contributed by atoms with Crippen LogP contribution in [0.5, 0.6) is 0 Å². The van der Waals surface area contributed by atoms with Crippen LogP contribution >= 0.6 is 23.5 Å². The van der Waals surface area contributed by atoms with Gasteiger partial charge in [0, 0.05) is 48.6 Å². The fraction of sp³-hybridized carbons (Fsp3) is 0.389. The van der Waals surface area contributed by atoms with Gasteiger partial charge in [-0.15, -0.1) is 0 Å². The molecule has 1 aliphatic rings. The minimum atomic E-state index is -0.0785. The van der Waals surface area contributed by atoms with E-state index in [-0.39, 0.29) is 11.7 Å². The Morgan fingerprint density at radius 3 is 2.88 bits per heavy atom. The molecule has 138 valence electrons. The quantitative estimate of drug-likeness (QED) is 0.580. The highest BCUT2D eigenvalue weighted by molar-refractivity contribution is 7.99. The molecule has 3 N–H and O–H groups in total. The predicted octanol–water partition coefficient (Wildman–Crippen LogP) is 2.65. The molecule has 0 spiro atoms. The summed E-state index contributed by atoms with van der Waals surface area (Å²) in [6.45, 7) is 5.03. The Bertz CT molecular complexity index is 745. The zero-order valence-corrected chi connectivity index (χ0v) is 16.4. The lowest BCUT2D eigenvalue weighted by Crippen LogP contribution is -2.31. The topological polar surface area (TPSA) is 84.1 Å². The fourth-order valence-corrected chi connectivity index (χ4v) is 4.41. The number of anilines is 2. The summed E-state index contributed by atoms with van der Waals surface area (Å²) < 4.78 is 0. The van der Waals surface area contributed by atoms with E-state index in [2.05, 4.69) is 26.3 Å². The predicted molar refractivity (Wildman–Crippen MR) is 110 cm³/mol. The van der Waals surface area contributed by atoms with Crippen LogP contribution in [-0.4, -0.2) is 51.1 Å². The number of benzene rings is 1. The maximum Gasteiger partial charge on any atom is 0.234 e. The number of aromatic nitrogens is 2. The van der Waals surface area contributed by atoms with E-state index in [0.717, 1.165) is 31.0 Å². The number of nitrogens with zero attached hydrogens (tertiary/aromatic N) is 3. The van der Waals surface area contributed by atoms with Crippen molar-refractivity contribution in [2.75, 3.05) is 41.4 Å². The molecule has 1 saturated heterocycles. The molecule has 1 aliphatic heterocycles. The lowest BCUT2D eigenvalue weighted by molar-refractivity contribution is -0.113. The third-order valence-corrected chi connectivity index (χ3v) is 5.70. The summed E-state index contributed by atoms with van der Waals surface area (Å²) >= 11 is 3.29. The van der Waals surface area contributed by atoms with Gasteiger partial charge in [-0.05, 0) is 24.6 Å². The summed E-state index contributed by atoms with van der Waals surface area (Å²) in [7, 11) is 0. The summed E-state index contributed by atoms with van der Waals surface area (Å²) in [5.41, 5.74) is 8.55. The molecular weight excluding hydrogens is 366 g/mol. The molecule has 1 aromatic carbocycles. The number of hydrogen-bond acceptors (Lipinski definition) is 7. The molecule has 0 bridgehead atoms. The van der Waals surface area contributed by atoms with Crippen molar-refractivity contribution in [3.8, 4) is 0 Å². The lowest BCUT2D eigenvalue weighted by atomic mass is 10.2. The van der Waals surface area contributed by atoms with Gasteiger partial charge in [-0.2, -0.15) is 11.8 Å². The van der Waals surface area contributed by atoms with E-state index in [4.69, 9.17) is 5.73 Å². The summed E-state index contributed by atoms with van der Waals surface area (Å²) in [6, 6.07) is 9.76. The van der Waals surface area contributed by atoms with Crippen LogP contribution in [0.1, 0.15) is 11.3 Å². The summed E-state index contributed by atoms with van der Waals surface area (Å²) in [6.07, 6.45) is 0. The Hall–Kier alpha value is -1.77. The van der Waals surface area contributed by atoms with Crippen molar-refractivity contribution < 1.29 is 4.79 Å². The van der Waals surface area contributed by atoms with Gasteiger partial charge >= 0.3 is 0 Å². The van der Waals surface area contributed by atoms with Crippen LogP contribution in [0.15, 0.2) is 35.5 Å². The van der Waals surface area contributed by atoms with Crippen LogP contribution in [0.2, 0.25) is 0 Å². The largest absolute Gasteiger partial charge is 0.384 e. The van der Waals surface area contributed by atoms with Crippen molar-refractivity contribution in [1.82, 2.24) is 14.9 Å². The van der Waals surface area contributed by atoms with Crippen LogP contribution in [-0.2, 0) is 11.3 Å². The zero-order chi connectivity index (χ0) is 18.4. The molecule has 6 nitrogen and oxygen atoms in total. The van der Waals surface area contributed by atoms with Gasteiger partial charge in [-0.1, -0.05) is 23.9 Å². The molecule has 26 heavy (non-hydrogen) atoms. The van der Waals surface area contributed by atoms with E-state index < -0.39 is 0 Å². The number of hydrogen-bond donors (Lipinski definition) is 2. The maximum atomic E-state index is 12.2. The van der Waals surface area contributed by atoms with Gasteiger partial charge in [0.25, 0.3) is 0 Å².